The molecule has 0 aromatic carbocycles. The zero-order valence-electron chi connectivity index (χ0n) is 7.28. The first-order valence-corrected chi connectivity index (χ1v) is 7.36. The van der Waals surface area contributed by atoms with E-state index in [1.165, 1.54) is 6.17 Å². The molecule has 0 radical (unpaired) electrons. The maximum absolute atomic E-state index is 3.45. The number of hydrogen-bond acceptors (Lipinski definition) is 1. The van der Waals surface area contributed by atoms with Crippen molar-refractivity contribution in [2.45, 2.75) is 39.5 Å². The lowest BCUT2D eigenvalue weighted by Gasteiger charge is -2.18. The van der Waals surface area contributed by atoms with Gasteiger partial charge in [0.2, 0.25) is 0 Å². The Bertz CT molecular complexity index is 73.5. The molecule has 9 heavy (non-hydrogen) atoms. The molecular formula is C7H19NSi. The molecule has 0 amide bonds. The largest absolute Gasteiger partial charge is 0.317 e. The summed E-state index contributed by atoms with van der Waals surface area (Å²) in [5.74, 6) is 0. The standard InChI is InChI=1S/C7H19NSi/c1-7(2)8-6-9(3,4)5/h7-8H,6H2,1-5H3. The zero-order chi connectivity index (χ0) is 7.49. The molecule has 0 aliphatic heterocycles. The Morgan fingerprint density at radius 3 is 1.78 bits per heavy atom. The van der Waals surface area contributed by atoms with Crippen LogP contribution in [0.1, 0.15) is 13.8 Å². The predicted octanol–water partition coefficient (Wildman–Crippen LogP) is 1.86. The molecule has 0 aliphatic rings. The van der Waals surface area contributed by atoms with Gasteiger partial charge in [-0.25, -0.2) is 0 Å². The van der Waals surface area contributed by atoms with Gasteiger partial charge in [0.25, 0.3) is 0 Å². The van der Waals surface area contributed by atoms with Gasteiger partial charge in [-0.1, -0.05) is 33.5 Å². The molecule has 56 valence electrons. The Morgan fingerprint density at radius 2 is 1.67 bits per heavy atom. The van der Waals surface area contributed by atoms with Gasteiger partial charge in [-0.15, -0.1) is 0 Å². The third kappa shape index (κ3) is 8.18. The molecule has 0 saturated carbocycles. The van der Waals surface area contributed by atoms with E-state index in [2.05, 4.69) is 38.8 Å². The van der Waals surface area contributed by atoms with Crippen LogP contribution in [0.5, 0.6) is 0 Å². The summed E-state index contributed by atoms with van der Waals surface area (Å²) >= 11 is 0. The van der Waals surface area contributed by atoms with E-state index >= 15 is 0 Å². The molecule has 0 aromatic rings. The van der Waals surface area contributed by atoms with Crippen LogP contribution in [0.25, 0.3) is 0 Å². The molecule has 0 heterocycles. The van der Waals surface area contributed by atoms with Gasteiger partial charge >= 0.3 is 0 Å². The molecule has 0 unspecified atom stereocenters. The lowest BCUT2D eigenvalue weighted by atomic mass is 10.4. The van der Waals surface area contributed by atoms with E-state index in [9.17, 15) is 0 Å². The van der Waals surface area contributed by atoms with Crippen molar-refractivity contribution in [2.75, 3.05) is 6.17 Å². The number of rotatable bonds is 3. The summed E-state index contributed by atoms with van der Waals surface area (Å²) in [5, 5.41) is 3.45. The Balaban J connectivity index is 3.28. The molecule has 0 saturated heterocycles. The highest BCUT2D eigenvalue weighted by atomic mass is 28.3. The van der Waals surface area contributed by atoms with Crippen molar-refractivity contribution < 1.29 is 0 Å². The average molecular weight is 145 g/mol. The molecule has 0 aliphatic carbocycles. The summed E-state index contributed by atoms with van der Waals surface area (Å²) in [6.45, 7) is 11.5. The molecule has 0 spiro atoms. The first-order chi connectivity index (χ1) is 3.92. The van der Waals surface area contributed by atoms with Gasteiger partial charge in [-0.05, 0) is 6.17 Å². The molecule has 0 bridgehead atoms. The van der Waals surface area contributed by atoms with Crippen LogP contribution in [0.3, 0.4) is 0 Å². The summed E-state index contributed by atoms with van der Waals surface area (Å²) in [5.41, 5.74) is 0. The molecule has 1 N–H and O–H groups in total. The van der Waals surface area contributed by atoms with Crippen molar-refractivity contribution in [1.29, 1.82) is 0 Å². The van der Waals surface area contributed by atoms with E-state index in [1.807, 2.05) is 0 Å². The average Bonchev–Trinajstić information content (AvgIpc) is 1.59. The van der Waals surface area contributed by atoms with Gasteiger partial charge in [-0.2, -0.15) is 0 Å². The van der Waals surface area contributed by atoms with Gasteiger partial charge in [0.15, 0.2) is 0 Å². The maximum atomic E-state index is 3.45. The fraction of sp³-hybridized carbons (Fsp3) is 1.00. The first kappa shape index (κ1) is 9.18. The summed E-state index contributed by atoms with van der Waals surface area (Å²) in [6, 6.07) is 0.650. The van der Waals surface area contributed by atoms with E-state index in [1.54, 1.807) is 0 Å². The highest BCUT2D eigenvalue weighted by molar-refractivity contribution is 6.76. The number of nitrogens with one attached hydrogen (secondary N) is 1. The second-order valence-corrected chi connectivity index (χ2v) is 9.57. The second kappa shape index (κ2) is 3.37. The van der Waals surface area contributed by atoms with Crippen molar-refractivity contribution in [1.82, 2.24) is 5.32 Å². The topological polar surface area (TPSA) is 12.0 Å². The van der Waals surface area contributed by atoms with Crippen molar-refractivity contribution in [2.24, 2.45) is 0 Å². The molecule has 0 fully saturated rings. The van der Waals surface area contributed by atoms with Gasteiger partial charge in [-0.3, -0.25) is 0 Å². The minimum Gasteiger partial charge on any atom is -0.317 e. The highest BCUT2D eigenvalue weighted by Crippen LogP contribution is 1.97. The molecular weight excluding hydrogens is 126 g/mol. The first-order valence-electron chi connectivity index (χ1n) is 3.65. The minimum absolute atomic E-state index is 0.650. The fourth-order valence-corrected chi connectivity index (χ4v) is 1.53. The molecule has 0 aromatic heterocycles. The van der Waals surface area contributed by atoms with Crippen LogP contribution in [0.2, 0.25) is 19.6 Å². The summed E-state index contributed by atoms with van der Waals surface area (Å²) < 4.78 is 0. The third-order valence-electron chi connectivity index (χ3n) is 1.04. The van der Waals surface area contributed by atoms with E-state index in [-0.39, 0.29) is 0 Å². The van der Waals surface area contributed by atoms with Crippen LogP contribution >= 0.6 is 0 Å². The van der Waals surface area contributed by atoms with Crippen LogP contribution in [-0.4, -0.2) is 20.3 Å². The van der Waals surface area contributed by atoms with Crippen LogP contribution in [-0.2, 0) is 0 Å². The summed E-state index contributed by atoms with van der Waals surface area (Å²) in [6.07, 6.45) is 1.24. The Hall–Kier alpha value is 0.177. The van der Waals surface area contributed by atoms with Crippen LogP contribution in [0.4, 0.5) is 0 Å². The number of hydrogen-bond donors (Lipinski definition) is 1. The van der Waals surface area contributed by atoms with Crippen LogP contribution in [0, 0.1) is 0 Å². The lowest BCUT2D eigenvalue weighted by molar-refractivity contribution is 0.643. The van der Waals surface area contributed by atoms with Gasteiger partial charge in [0.1, 0.15) is 0 Å². The van der Waals surface area contributed by atoms with Crippen molar-refractivity contribution in [3.63, 3.8) is 0 Å². The third-order valence-corrected chi connectivity index (χ3v) is 2.31. The molecule has 0 atom stereocenters. The van der Waals surface area contributed by atoms with E-state index < -0.39 is 8.07 Å². The predicted molar refractivity (Wildman–Crippen MR) is 46.5 cm³/mol. The Kier molecular flexibility index (Phi) is 3.44. The van der Waals surface area contributed by atoms with Crippen LogP contribution < -0.4 is 5.32 Å². The van der Waals surface area contributed by atoms with Gasteiger partial charge < -0.3 is 5.32 Å². The SMILES string of the molecule is CC(C)NC[Si](C)(C)C. The highest BCUT2D eigenvalue weighted by Gasteiger charge is 2.11. The molecule has 2 heteroatoms. The summed E-state index contributed by atoms with van der Waals surface area (Å²) in [4.78, 5) is 0. The van der Waals surface area contributed by atoms with Gasteiger partial charge in [0, 0.05) is 6.04 Å². The normalized spacial score (nSPS) is 12.7. The minimum atomic E-state index is -0.831. The van der Waals surface area contributed by atoms with Gasteiger partial charge in [0.05, 0.1) is 8.07 Å². The molecule has 1 nitrogen and oxygen atoms in total. The van der Waals surface area contributed by atoms with E-state index in [4.69, 9.17) is 0 Å². The Morgan fingerprint density at radius 1 is 1.22 bits per heavy atom. The monoisotopic (exact) mass is 145 g/mol. The fourth-order valence-electron chi connectivity index (χ4n) is 0.510. The quantitative estimate of drug-likeness (QED) is 0.598. The lowest BCUT2D eigenvalue weighted by Crippen LogP contribution is -2.39. The second-order valence-electron chi connectivity index (χ2n) is 4.10. The summed E-state index contributed by atoms with van der Waals surface area (Å²) in [7, 11) is -0.831. The maximum Gasteiger partial charge on any atom is 0.0596 e. The van der Waals surface area contributed by atoms with Crippen molar-refractivity contribution >= 4 is 8.07 Å². The van der Waals surface area contributed by atoms with Crippen molar-refractivity contribution in [3.8, 4) is 0 Å². The van der Waals surface area contributed by atoms with E-state index in [0.29, 0.717) is 6.04 Å². The van der Waals surface area contributed by atoms with Crippen LogP contribution in [0.15, 0.2) is 0 Å². The smallest absolute Gasteiger partial charge is 0.0596 e. The Labute approximate surface area is 59.9 Å². The van der Waals surface area contributed by atoms with E-state index in [0.717, 1.165) is 0 Å². The molecule has 0 rings (SSSR count). The van der Waals surface area contributed by atoms with Crippen molar-refractivity contribution in [3.05, 3.63) is 0 Å². The zero-order valence-corrected chi connectivity index (χ0v) is 8.28.